The molecule has 0 saturated carbocycles. The Morgan fingerprint density at radius 1 is 0.944 bits per heavy atom. The van der Waals surface area contributed by atoms with Gasteiger partial charge in [0.15, 0.2) is 0 Å². The standard InChI is InChI=1S/C12H14O4.2Na/c1-6-4-7(2)9(8(3)5-6)10(11(13)14)12(15)16;;/h4-5,10H,1-3H3,(H,13,14)(H,15,16);;/q;2*+1/p-2. The molecule has 1 aromatic carbocycles. The summed E-state index contributed by atoms with van der Waals surface area (Å²) < 4.78 is 0. The molecule has 0 amide bonds. The molecule has 6 heteroatoms. The molecule has 0 N–H and O–H groups in total. The maximum atomic E-state index is 10.8. The number of aryl methyl sites for hydroxylation is 3. The van der Waals surface area contributed by atoms with E-state index >= 15 is 0 Å². The second-order valence-electron chi connectivity index (χ2n) is 3.88. The van der Waals surface area contributed by atoms with Gasteiger partial charge in [-0.15, -0.1) is 0 Å². The number of carbonyl (C=O) groups is 2. The van der Waals surface area contributed by atoms with Crippen LogP contribution in [0.15, 0.2) is 12.1 Å². The Labute approximate surface area is 150 Å². The molecule has 0 heterocycles. The molecule has 0 radical (unpaired) electrons. The van der Waals surface area contributed by atoms with Crippen LogP contribution in [0.2, 0.25) is 0 Å². The first kappa shape index (κ1) is 20.5. The summed E-state index contributed by atoms with van der Waals surface area (Å²) in [6.45, 7) is 5.21. The van der Waals surface area contributed by atoms with Gasteiger partial charge in [0.25, 0.3) is 0 Å². The van der Waals surface area contributed by atoms with Crippen molar-refractivity contribution in [1.29, 1.82) is 0 Å². The maximum absolute atomic E-state index is 10.8. The van der Waals surface area contributed by atoms with E-state index in [0.29, 0.717) is 11.1 Å². The van der Waals surface area contributed by atoms with E-state index in [1.54, 1.807) is 26.0 Å². The molecule has 0 aromatic heterocycles. The average molecular weight is 266 g/mol. The number of carboxylic acids is 2. The molecule has 0 aliphatic rings. The Morgan fingerprint density at radius 2 is 1.28 bits per heavy atom. The fourth-order valence-electron chi connectivity index (χ4n) is 1.98. The van der Waals surface area contributed by atoms with Crippen molar-refractivity contribution in [3.63, 3.8) is 0 Å². The molecular weight excluding hydrogens is 254 g/mol. The Kier molecular flexibility index (Phi) is 9.50. The molecule has 0 spiro atoms. The van der Waals surface area contributed by atoms with E-state index in [2.05, 4.69) is 0 Å². The zero-order valence-corrected chi connectivity index (χ0v) is 15.4. The van der Waals surface area contributed by atoms with E-state index in [9.17, 15) is 19.8 Å². The third-order valence-corrected chi connectivity index (χ3v) is 2.50. The normalized spacial score (nSPS) is 9.33. The summed E-state index contributed by atoms with van der Waals surface area (Å²) in [6.07, 6.45) is 0. The summed E-state index contributed by atoms with van der Waals surface area (Å²) in [4.78, 5) is 21.6. The second kappa shape index (κ2) is 8.35. The third-order valence-electron chi connectivity index (χ3n) is 2.50. The summed E-state index contributed by atoms with van der Waals surface area (Å²) in [6, 6.07) is 3.47. The number of carbonyl (C=O) groups excluding carboxylic acids is 2. The van der Waals surface area contributed by atoms with Crippen LogP contribution in [0.3, 0.4) is 0 Å². The molecule has 0 aliphatic heterocycles. The molecule has 4 nitrogen and oxygen atoms in total. The van der Waals surface area contributed by atoms with E-state index < -0.39 is 17.9 Å². The quantitative estimate of drug-likeness (QED) is 0.402. The van der Waals surface area contributed by atoms with Gasteiger partial charge < -0.3 is 19.8 Å². The molecule has 1 rings (SSSR count). The van der Waals surface area contributed by atoms with Crippen molar-refractivity contribution < 1.29 is 78.9 Å². The Balaban J connectivity index is 0. The molecule has 0 saturated heterocycles. The van der Waals surface area contributed by atoms with E-state index in [1.165, 1.54) is 0 Å². The van der Waals surface area contributed by atoms with Gasteiger partial charge in [0.05, 0.1) is 17.9 Å². The van der Waals surface area contributed by atoms with Crippen molar-refractivity contribution in [1.82, 2.24) is 0 Å². The molecule has 0 fully saturated rings. The minimum Gasteiger partial charge on any atom is -0.549 e. The van der Waals surface area contributed by atoms with Crippen LogP contribution in [0.1, 0.15) is 28.2 Å². The van der Waals surface area contributed by atoms with Gasteiger partial charge in [0, 0.05) is 0 Å². The van der Waals surface area contributed by atoms with Crippen molar-refractivity contribution in [2.75, 3.05) is 0 Å². The molecule has 0 unspecified atom stereocenters. The van der Waals surface area contributed by atoms with Gasteiger partial charge in [0.1, 0.15) is 0 Å². The fraction of sp³-hybridized carbons (Fsp3) is 0.333. The van der Waals surface area contributed by atoms with Crippen molar-refractivity contribution in [3.05, 3.63) is 34.4 Å². The summed E-state index contributed by atoms with van der Waals surface area (Å²) in [5.41, 5.74) is 2.45. The van der Waals surface area contributed by atoms with Crippen LogP contribution < -0.4 is 69.3 Å². The number of rotatable bonds is 3. The maximum Gasteiger partial charge on any atom is 1.00 e. The Bertz CT molecular complexity index is 420. The van der Waals surface area contributed by atoms with Crippen LogP contribution in [0, 0.1) is 20.8 Å². The summed E-state index contributed by atoms with van der Waals surface area (Å²) in [5.74, 6) is -4.99. The topological polar surface area (TPSA) is 80.3 Å². The van der Waals surface area contributed by atoms with Crippen LogP contribution in [0.4, 0.5) is 0 Å². The predicted octanol–water partition coefficient (Wildman–Crippen LogP) is -6.80. The average Bonchev–Trinajstić information content (AvgIpc) is 2.09. The summed E-state index contributed by atoms with van der Waals surface area (Å²) in [7, 11) is 0. The fourth-order valence-corrected chi connectivity index (χ4v) is 1.98. The van der Waals surface area contributed by atoms with E-state index in [4.69, 9.17) is 0 Å². The van der Waals surface area contributed by atoms with E-state index in [0.717, 1.165) is 5.56 Å². The van der Waals surface area contributed by atoms with Gasteiger partial charge in [-0.1, -0.05) is 17.7 Å². The van der Waals surface area contributed by atoms with Crippen LogP contribution >= 0.6 is 0 Å². The number of hydrogen-bond donors (Lipinski definition) is 0. The largest absolute Gasteiger partial charge is 1.00 e. The first-order valence-corrected chi connectivity index (χ1v) is 4.84. The first-order chi connectivity index (χ1) is 7.34. The minimum absolute atomic E-state index is 0. The van der Waals surface area contributed by atoms with Gasteiger partial charge in [-0.05, 0) is 37.5 Å². The van der Waals surface area contributed by atoms with Crippen molar-refractivity contribution in [3.8, 4) is 0 Å². The van der Waals surface area contributed by atoms with Gasteiger partial charge in [-0.25, -0.2) is 0 Å². The molecule has 18 heavy (non-hydrogen) atoms. The SMILES string of the molecule is Cc1cc(C)c(C(C(=O)[O-])C(=O)[O-])c(C)c1.[Na+].[Na+]. The molecule has 0 aliphatic carbocycles. The number of aliphatic carboxylic acids is 2. The van der Waals surface area contributed by atoms with E-state index in [-0.39, 0.29) is 64.7 Å². The third kappa shape index (κ3) is 4.68. The van der Waals surface area contributed by atoms with Crippen molar-refractivity contribution >= 4 is 11.9 Å². The van der Waals surface area contributed by atoms with Gasteiger partial charge in [0.2, 0.25) is 0 Å². The van der Waals surface area contributed by atoms with Crippen molar-refractivity contribution in [2.45, 2.75) is 26.7 Å². The Morgan fingerprint density at radius 3 is 1.56 bits per heavy atom. The predicted molar refractivity (Wildman–Crippen MR) is 53.4 cm³/mol. The Hall–Kier alpha value is 0.160. The number of carboxylic acid groups (broad SMARTS) is 2. The summed E-state index contributed by atoms with van der Waals surface area (Å²) >= 11 is 0. The molecule has 1 aromatic rings. The number of hydrogen-bond acceptors (Lipinski definition) is 4. The van der Waals surface area contributed by atoms with Gasteiger partial charge in [-0.2, -0.15) is 0 Å². The molecule has 0 bridgehead atoms. The molecular formula is C12H12Na2O4. The van der Waals surface area contributed by atoms with Crippen LogP contribution in [-0.4, -0.2) is 11.9 Å². The molecule has 0 atom stereocenters. The zero-order valence-electron chi connectivity index (χ0n) is 11.4. The smallest absolute Gasteiger partial charge is 0.549 e. The zero-order chi connectivity index (χ0) is 12.5. The number of benzene rings is 1. The molecule has 86 valence electrons. The minimum atomic E-state index is -1.71. The van der Waals surface area contributed by atoms with Crippen LogP contribution in [0.5, 0.6) is 0 Å². The monoisotopic (exact) mass is 266 g/mol. The van der Waals surface area contributed by atoms with Gasteiger partial charge in [-0.3, -0.25) is 0 Å². The van der Waals surface area contributed by atoms with Crippen molar-refractivity contribution in [2.24, 2.45) is 0 Å². The van der Waals surface area contributed by atoms with Gasteiger partial charge >= 0.3 is 59.1 Å². The van der Waals surface area contributed by atoms with E-state index in [1.807, 2.05) is 6.92 Å². The first-order valence-electron chi connectivity index (χ1n) is 4.84. The summed E-state index contributed by atoms with van der Waals surface area (Å²) in [5, 5.41) is 21.6. The second-order valence-corrected chi connectivity index (χ2v) is 3.88. The van der Waals surface area contributed by atoms with Crippen LogP contribution in [-0.2, 0) is 9.59 Å². The van der Waals surface area contributed by atoms with Crippen LogP contribution in [0.25, 0.3) is 0 Å².